The second-order valence-electron chi connectivity index (χ2n) is 8.01. The first-order chi connectivity index (χ1) is 14.9. The molecule has 0 bridgehead atoms. The van der Waals surface area contributed by atoms with Gasteiger partial charge in [0.1, 0.15) is 10.7 Å². The third-order valence-corrected chi connectivity index (χ3v) is 7.91. The van der Waals surface area contributed by atoms with Crippen LogP contribution in [-0.2, 0) is 16.6 Å². The summed E-state index contributed by atoms with van der Waals surface area (Å²) in [5.74, 6) is -0.588. The molecule has 1 saturated heterocycles. The van der Waals surface area contributed by atoms with E-state index in [0.29, 0.717) is 19.5 Å². The smallest absolute Gasteiger partial charge is 0.246 e. The SMILES string of the molecule is C[C@@H]1CC(Cn2ccc3nc(-c4cn[nH]c4)ccc32)CN1S(=O)(=O)c1ccccc1F. The van der Waals surface area contributed by atoms with E-state index in [1.165, 1.54) is 22.5 Å². The van der Waals surface area contributed by atoms with Crippen LogP contribution in [0.25, 0.3) is 22.3 Å². The minimum Gasteiger partial charge on any atom is -0.346 e. The molecule has 0 radical (unpaired) electrons. The number of fused-ring (bicyclic) bond motifs is 1. The molecule has 1 aliphatic heterocycles. The Morgan fingerprint density at radius 1 is 1.19 bits per heavy atom. The summed E-state index contributed by atoms with van der Waals surface area (Å²) in [6.07, 6.45) is 6.23. The van der Waals surface area contributed by atoms with E-state index < -0.39 is 15.8 Å². The van der Waals surface area contributed by atoms with Crippen molar-refractivity contribution in [2.75, 3.05) is 6.54 Å². The lowest BCUT2D eigenvalue weighted by atomic mass is 10.1. The summed E-state index contributed by atoms with van der Waals surface area (Å²) >= 11 is 0. The van der Waals surface area contributed by atoms with E-state index in [9.17, 15) is 12.8 Å². The number of halogens is 1. The lowest BCUT2D eigenvalue weighted by molar-refractivity contribution is 0.396. The van der Waals surface area contributed by atoms with Gasteiger partial charge in [-0.3, -0.25) is 5.10 Å². The molecule has 160 valence electrons. The maximum atomic E-state index is 14.2. The fraction of sp³-hybridized carbons (Fsp3) is 0.273. The molecule has 4 heterocycles. The molecule has 0 saturated carbocycles. The Bertz CT molecular complexity index is 1330. The molecular formula is C22H22FN5O2S. The standard InChI is InChI=1S/C22H22FN5O2S/c1-15-10-16(14-28(15)31(29,30)22-5-3-2-4-18(22)23)13-27-9-8-20-21(27)7-6-19(26-20)17-11-24-25-12-17/h2-9,11-12,15-16H,10,13-14H2,1H3,(H,24,25)/t15-,16?/m1/s1. The summed E-state index contributed by atoms with van der Waals surface area (Å²) in [6, 6.07) is 11.3. The van der Waals surface area contributed by atoms with Crippen LogP contribution in [0, 0.1) is 11.7 Å². The highest BCUT2D eigenvalue weighted by Gasteiger charge is 2.39. The van der Waals surface area contributed by atoms with Crippen LogP contribution in [0.5, 0.6) is 0 Å². The number of hydrogen-bond acceptors (Lipinski definition) is 4. The Kier molecular flexibility index (Phi) is 4.86. The second-order valence-corrected chi connectivity index (χ2v) is 9.87. The number of rotatable bonds is 5. The average Bonchev–Trinajstić information content (AvgIpc) is 3.49. The molecule has 7 nitrogen and oxygen atoms in total. The van der Waals surface area contributed by atoms with Crippen LogP contribution in [0.15, 0.2) is 66.0 Å². The average molecular weight is 440 g/mol. The van der Waals surface area contributed by atoms with Crippen LogP contribution < -0.4 is 0 Å². The van der Waals surface area contributed by atoms with Gasteiger partial charge in [-0.25, -0.2) is 17.8 Å². The van der Waals surface area contributed by atoms with Crippen LogP contribution in [0.4, 0.5) is 4.39 Å². The van der Waals surface area contributed by atoms with Gasteiger partial charge in [0.25, 0.3) is 0 Å². The number of pyridine rings is 1. The minimum atomic E-state index is -3.88. The Labute approximate surface area is 179 Å². The highest BCUT2D eigenvalue weighted by atomic mass is 32.2. The Hall–Kier alpha value is -3.04. The van der Waals surface area contributed by atoms with Gasteiger partial charge in [0.2, 0.25) is 10.0 Å². The Morgan fingerprint density at radius 2 is 2.03 bits per heavy atom. The third kappa shape index (κ3) is 3.53. The number of hydrogen-bond donors (Lipinski definition) is 1. The molecule has 0 amide bonds. The van der Waals surface area contributed by atoms with Crippen LogP contribution in [-0.4, -0.2) is 45.1 Å². The number of aromatic amines is 1. The number of H-pyrrole nitrogens is 1. The van der Waals surface area contributed by atoms with Crippen molar-refractivity contribution in [2.24, 2.45) is 5.92 Å². The maximum Gasteiger partial charge on any atom is 0.246 e. The highest BCUT2D eigenvalue weighted by Crippen LogP contribution is 2.32. The van der Waals surface area contributed by atoms with E-state index in [4.69, 9.17) is 4.98 Å². The topological polar surface area (TPSA) is 83.9 Å². The number of nitrogens with one attached hydrogen (secondary N) is 1. The van der Waals surface area contributed by atoms with Crippen molar-refractivity contribution >= 4 is 21.1 Å². The lowest BCUT2D eigenvalue weighted by Crippen LogP contribution is -2.34. The summed E-state index contributed by atoms with van der Waals surface area (Å²) in [7, 11) is -3.88. The first-order valence-corrected chi connectivity index (χ1v) is 11.6. The first-order valence-electron chi connectivity index (χ1n) is 10.1. The van der Waals surface area contributed by atoms with Gasteiger partial charge in [-0.15, -0.1) is 0 Å². The van der Waals surface area contributed by atoms with Gasteiger partial charge in [-0.2, -0.15) is 9.40 Å². The van der Waals surface area contributed by atoms with Crippen molar-refractivity contribution < 1.29 is 12.8 Å². The van der Waals surface area contributed by atoms with Crippen molar-refractivity contribution in [3.8, 4) is 11.3 Å². The first kappa shape index (κ1) is 19.9. The number of benzene rings is 1. The Balaban J connectivity index is 1.37. The van der Waals surface area contributed by atoms with Gasteiger partial charge in [-0.1, -0.05) is 12.1 Å². The molecule has 1 aromatic carbocycles. The summed E-state index contributed by atoms with van der Waals surface area (Å²) in [4.78, 5) is 4.44. The maximum absolute atomic E-state index is 14.2. The predicted octanol–water partition coefficient (Wildman–Crippen LogP) is 3.66. The van der Waals surface area contributed by atoms with Gasteiger partial charge in [-0.05, 0) is 49.6 Å². The van der Waals surface area contributed by atoms with Crippen molar-refractivity contribution in [2.45, 2.75) is 30.8 Å². The Morgan fingerprint density at radius 3 is 2.81 bits per heavy atom. The molecule has 0 aliphatic carbocycles. The molecule has 1 fully saturated rings. The molecule has 1 unspecified atom stereocenters. The molecule has 0 spiro atoms. The van der Waals surface area contributed by atoms with Crippen LogP contribution in [0.3, 0.4) is 0 Å². The summed E-state index contributed by atoms with van der Waals surface area (Å²) in [6.45, 7) is 2.91. The van der Waals surface area contributed by atoms with Gasteiger partial charge < -0.3 is 4.57 Å². The van der Waals surface area contributed by atoms with Gasteiger partial charge in [0.05, 0.1) is 22.9 Å². The summed E-state index contributed by atoms with van der Waals surface area (Å²) < 4.78 is 43.8. The van der Waals surface area contributed by atoms with Crippen molar-refractivity contribution in [3.63, 3.8) is 0 Å². The molecular weight excluding hydrogens is 417 g/mol. The normalized spacial score (nSPS) is 19.9. The summed E-state index contributed by atoms with van der Waals surface area (Å²) in [5, 5.41) is 6.76. The number of aromatic nitrogens is 4. The highest BCUT2D eigenvalue weighted by molar-refractivity contribution is 7.89. The number of sulfonamides is 1. The van der Waals surface area contributed by atoms with Crippen LogP contribution in [0.2, 0.25) is 0 Å². The number of nitrogens with zero attached hydrogens (tertiary/aromatic N) is 4. The molecule has 4 aromatic rings. The van der Waals surface area contributed by atoms with E-state index in [2.05, 4.69) is 14.8 Å². The minimum absolute atomic E-state index is 0.126. The fourth-order valence-electron chi connectivity index (χ4n) is 4.42. The van der Waals surface area contributed by atoms with Gasteiger partial charge >= 0.3 is 0 Å². The van der Waals surface area contributed by atoms with Crippen LogP contribution in [0.1, 0.15) is 13.3 Å². The second kappa shape index (κ2) is 7.58. The molecule has 31 heavy (non-hydrogen) atoms. The van der Waals surface area contributed by atoms with Crippen molar-refractivity contribution in [1.29, 1.82) is 0 Å². The quantitative estimate of drug-likeness (QED) is 0.514. The molecule has 2 atom stereocenters. The van der Waals surface area contributed by atoms with E-state index in [1.807, 2.05) is 31.3 Å². The molecule has 5 rings (SSSR count). The van der Waals surface area contributed by atoms with Crippen molar-refractivity contribution in [3.05, 3.63) is 66.9 Å². The van der Waals surface area contributed by atoms with E-state index >= 15 is 0 Å². The predicted molar refractivity (Wildman–Crippen MR) is 115 cm³/mol. The molecule has 1 aliphatic rings. The zero-order chi connectivity index (χ0) is 21.6. The third-order valence-electron chi connectivity index (χ3n) is 5.90. The molecule has 9 heteroatoms. The lowest BCUT2D eigenvalue weighted by Gasteiger charge is -2.21. The molecule has 3 aromatic heterocycles. The molecule has 1 N–H and O–H groups in total. The van der Waals surface area contributed by atoms with E-state index in [-0.39, 0.29) is 16.9 Å². The zero-order valence-corrected chi connectivity index (χ0v) is 17.8. The van der Waals surface area contributed by atoms with E-state index in [1.54, 1.807) is 18.5 Å². The van der Waals surface area contributed by atoms with Crippen LogP contribution >= 0.6 is 0 Å². The van der Waals surface area contributed by atoms with E-state index in [0.717, 1.165) is 22.3 Å². The zero-order valence-electron chi connectivity index (χ0n) is 16.9. The van der Waals surface area contributed by atoms with Gasteiger partial charge in [0.15, 0.2) is 0 Å². The van der Waals surface area contributed by atoms with Crippen molar-refractivity contribution in [1.82, 2.24) is 24.1 Å². The van der Waals surface area contributed by atoms with Gasteiger partial charge in [0, 0.05) is 37.1 Å². The fourth-order valence-corrected chi connectivity index (χ4v) is 6.20. The largest absolute Gasteiger partial charge is 0.346 e. The summed E-state index contributed by atoms with van der Waals surface area (Å²) in [5.41, 5.74) is 3.64. The monoisotopic (exact) mass is 439 g/mol.